The van der Waals surface area contributed by atoms with Gasteiger partial charge in [-0.05, 0) is 19.9 Å². The van der Waals surface area contributed by atoms with Crippen LogP contribution in [0.5, 0.6) is 5.88 Å². The minimum Gasteiger partial charge on any atom is -0.478 e. The molecule has 88 valence electrons. The van der Waals surface area contributed by atoms with E-state index in [1.54, 1.807) is 30.3 Å². The number of hydrogen-bond acceptors (Lipinski definition) is 3. The Hall–Kier alpha value is -1.78. The van der Waals surface area contributed by atoms with Gasteiger partial charge in [-0.1, -0.05) is 0 Å². The van der Waals surface area contributed by atoms with Crippen molar-refractivity contribution in [3.8, 4) is 5.88 Å². The van der Waals surface area contributed by atoms with E-state index in [9.17, 15) is 4.79 Å². The van der Waals surface area contributed by atoms with Crippen molar-refractivity contribution in [2.45, 2.75) is 13.8 Å². The number of carbonyl (C=O) groups excluding carboxylic acids is 1. The number of carbonyl (C=O) groups is 1. The molecule has 5 heteroatoms. The Morgan fingerprint density at radius 1 is 1.50 bits per heavy atom. The van der Waals surface area contributed by atoms with Gasteiger partial charge in [0.1, 0.15) is 0 Å². The second kappa shape index (κ2) is 5.95. The van der Waals surface area contributed by atoms with Crippen LogP contribution in [0, 0.1) is 0 Å². The number of pyridine rings is 1. The van der Waals surface area contributed by atoms with Crippen molar-refractivity contribution in [2.75, 3.05) is 25.5 Å². The lowest BCUT2D eigenvalue weighted by atomic mass is 10.4. The zero-order chi connectivity index (χ0) is 12.0. The molecule has 0 radical (unpaired) electrons. The molecule has 0 aliphatic carbocycles. The number of nitrogens with one attached hydrogen (secondary N) is 1. The molecule has 1 aromatic rings. The van der Waals surface area contributed by atoms with Gasteiger partial charge in [0, 0.05) is 19.7 Å². The average Bonchev–Trinajstić information content (AvgIpc) is 2.31. The fourth-order valence-electron chi connectivity index (χ4n) is 1.05. The standard InChI is InChI=1S/C11H17N3O2/c1-4-14(3)11(15)13-9-6-7-10(12-8-9)16-5-2/h6-8H,4-5H2,1-3H3,(H,13,15). The van der Waals surface area contributed by atoms with E-state index in [-0.39, 0.29) is 6.03 Å². The molecule has 16 heavy (non-hydrogen) atoms. The highest BCUT2D eigenvalue weighted by Gasteiger charge is 2.06. The van der Waals surface area contributed by atoms with Crippen molar-refractivity contribution in [1.82, 2.24) is 9.88 Å². The summed E-state index contributed by atoms with van der Waals surface area (Å²) in [6.45, 7) is 5.05. The number of amides is 2. The topological polar surface area (TPSA) is 54.5 Å². The largest absolute Gasteiger partial charge is 0.478 e. The SMILES string of the molecule is CCOc1ccc(NC(=O)N(C)CC)cn1. The first-order chi connectivity index (χ1) is 7.67. The van der Waals surface area contributed by atoms with E-state index < -0.39 is 0 Å². The average molecular weight is 223 g/mol. The predicted octanol–water partition coefficient (Wildman–Crippen LogP) is 1.96. The molecule has 0 bridgehead atoms. The Balaban J connectivity index is 2.58. The third-order valence-corrected chi connectivity index (χ3v) is 2.10. The van der Waals surface area contributed by atoms with Crippen LogP contribution >= 0.6 is 0 Å². The number of rotatable bonds is 4. The first kappa shape index (κ1) is 12.3. The van der Waals surface area contributed by atoms with Gasteiger partial charge in [-0.25, -0.2) is 9.78 Å². The van der Waals surface area contributed by atoms with Crippen LogP contribution in [0.3, 0.4) is 0 Å². The summed E-state index contributed by atoms with van der Waals surface area (Å²) in [6, 6.07) is 3.35. The molecule has 0 aromatic carbocycles. The zero-order valence-electron chi connectivity index (χ0n) is 9.86. The number of urea groups is 1. The van der Waals surface area contributed by atoms with Gasteiger partial charge in [-0.2, -0.15) is 0 Å². The smallest absolute Gasteiger partial charge is 0.321 e. The van der Waals surface area contributed by atoms with Crippen LogP contribution in [0.25, 0.3) is 0 Å². The number of hydrogen-bond donors (Lipinski definition) is 1. The molecule has 1 heterocycles. The first-order valence-electron chi connectivity index (χ1n) is 5.28. The molecule has 1 aromatic heterocycles. The maximum Gasteiger partial charge on any atom is 0.321 e. The Labute approximate surface area is 95.4 Å². The lowest BCUT2D eigenvalue weighted by Crippen LogP contribution is -2.30. The van der Waals surface area contributed by atoms with Gasteiger partial charge in [0.15, 0.2) is 0 Å². The van der Waals surface area contributed by atoms with Crippen molar-refractivity contribution in [3.63, 3.8) is 0 Å². The lowest BCUT2D eigenvalue weighted by molar-refractivity contribution is 0.224. The number of anilines is 1. The van der Waals surface area contributed by atoms with E-state index in [0.717, 1.165) is 0 Å². The van der Waals surface area contributed by atoms with E-state index in [1.165, 1.54) is 0 Å². The Morgan fingerprint density at radius 2 is 2.25 bits per heavy atom. The van der Waals surface area contributed by atoms with Crippen LogP contribution in [0.15, 0.2) is 18.3 Å². The summed E-state index contributed by atoms with van der Waals surface area (Å²) in [6.07, 6.45) is 1.58. The van der Waals surface area contributed by atoms with E-state index in [0.29, 0.717) is 24.7 Å². The molecular weight excluding hydrogens is 206 g/mol. The van der Waals surface area contributed by atoms with Gasteiger partial charge in [-0.15, -0.1) is 0 Å². The van der Waals surface area contributed by atoms with E-state index in [1.807, 2.05) is 13.8 Å². The highest BCUT2D eigenvalue weighted by Crippen LogP contribution is 2.11. The summed E-state index contributed by atoms with van der Waals surface area (Å²) in [4.78, 5) is 17.1. The summed E-state index contributed by atoms with van der Waals surface area (Å²) in [5.41, 5.74) is 0.661. The maximum atomic E-state index is 11.5. The highest BCUT2D eigenvalue weighted by atomic mass is 16.5. The van der Waals surface area contributed by atoms with Crippen molar-refractivity contribution in [2.24, 2.45) is 0 Å². The third kappa shape index (κ3) is 3.42. The van der Waals surface area contributed by atoms with Crippen LogP contribution in [0.2, 0.25) is 0 Å². The Kier molecular flexibility index (Phi) is 4.57. The normalized spacial score (nSPS) is 9.69. The number of aromatic nitrogens is 1. The van der Waals surface area contributed by atoms with Crippen LogP contribution in [0.1, 0.15) is 13.8 Å². The molecule has 1 rings (SSSR count). The fraction of sp³-hybridized carbons (Fsp3) is 0.455. The van der Waals surface area contributed by atoms with Crippen molar-refractivity contribution in [1.29, 1.82) is 0 Å². The van der Waals surface area contributed by atoms with E-state index >= 15 is 0 Å². The van der Waals surface area contributed by atoms with Gasteiger partial charge in [-0.3, -0.25) is 0 Å². The van der Waals surface area contributed by atoms with Crippen LogP contribution in [0.4, 0.5) is 10.5 Å². The quantitative estimate of drug-likeness (QED) is 0.849. The molecule has 1 N–H and O–H groups in total. The molecule has 0 saturated heterocycles. The number of ether oxygens (including phenoxy) is 1. The van der Waals surface area contributed by atoms with Gasteiger partial charge in [0.05, 0.1) is 18.5 Å². The Bertz CT molecular complexity index is 338. The first-order valence-corrected chi connectivity index (χ1v) is 5.28. The summed E-state index contributed by atoms with van der Waals surface area (Å²) in [5.74, 6) is 0.560. The van der Waals surface area contributed by atoms with Crippen molar-refractivity contribution in [3.05, 3.63) is 18.3 Å². The third-order valence-electron chi connectivity index (χ3n) is 2.10. The summed E-state index contributed by atoms with van der Waals surface area (Å²) < 4.78 is 5.20. The summed E-state index contributed by atoms with van der Waals surface area (Å²) in [7, 11) is 1.73. The van der Waals surface area contributed by atoms with Gasteiger partial charge in [0.25, 0.3) is 0 Å². The molecule has 0 saturated carbocycles. The molecular formula is C11H17N3O2. The van der Waals surface area contributed by atoms with Crippen LogP contribution < -0.4 is 10.1 Å². The lowest BCUT2D eigenvalue weighted by Gasteiger charge is -2.15. The molecule has 0 aliphatic heterocycles. The van der Waals surface area contributed by atoms with Crippen LogP contribution in [-0.2, 0) is 0 Å². The monoisotopic (exact) mass is 223 g/mol. The van der Waals surface area contributed by atoms with Gasteiger partial charge >= 0.3 is 6.03 Å². The predicted molar refractivity (Wildman–Crippen MR) is 62.7 cm³/mol. The number of nitrogens with zero attached hydrogens (tertiary/aromatic N) is 2. The zero-order valence-corrected chi connectivity index (χ0v) is 9.86. The molecule has 0 unspecified atom stereocenters. The fourth-order valence-corrected chi connectivity index (χ4v) is 1.05. The molecule has 0 aliphatic rings. The van der Waals surface area contributed by atoms with Gasteiger partial charge < -0.3 is 15.0 Å². The van der Waals surface area contributed by atoms with Crippen LogP contribution in [-0.4, -0.2) is 36.1 Å². The second-order valence-corrected chi connectivity index (χ2v) is 3.26. The second-order valence-electron chi connectivity index (χ2n) is 3.26. The minimum atomic E-state index is -0.145. The molecule has 0 fully saturated rings. The highest BCUT2D eigenvalue weighted by molar-refractivity contribution is 5.88. The molecule has 0 spiro atoms. The van der Waals surface area contributed by atoms with E-state index in [4.69, 9.17) is 4.74 Å². The molecule has 5 nitrogen and oxygen atoms in total. The molecule has 2 amide bonds. The van der Waals surface area contributed by atoms with Crippen molar-refractivity contribution < 1.29 is 9.53 Å². The van der Waals surface area contributed by atoms with Gasteiger partial charge in [0.2, 0.25) is 5.88 Å². The maximum absolute atomic E-state index is 11.5. The Morgan fingerprint density at radius 3 is 2.75 bits per heavy atom. The summed E-state index contributed by atoms with van der Waals surface area (Å²) in [5, 5.41) is 2.73. The van der Waals surface area contributed by atoms with Crippen molar-refractivity contribution >= 4 is 11.7 Å². The minimum absolute atomic E-state index is 0.145. The molecule has 0 atom stereocenters. The summed E-state index contributed by atoms with van der Waals surface area (Å²) >= 11 is 0. The van der Waals surface area contributed by atoms with E-state index in [2.05, 4.69) is 10.3 Å².